The molecule has 0 heterocycles. The van der Waals surface area contributed by atoms with Crippen LogP contribution in [0.1, 0.15) is 32.8 Å². The van der Waals surface area contributed by atoms with Gasteiger partial charge in [-0.25, -0.2) is 0 Å². The van der Waals surface area contributed by atoms with Crippen molar-refractivity contribution in [1.29, 1.82) is 0 Å². The van der Waals surface area contributed by atoms with E-state index >= 15 is 0 Å². The van der Waals surface area contributed by atoms with Crippen molar-refractivity contribution >= 4 is 31.9 Å². The molecular weight excluding hydrogens is 332 g/mol. The summed E-state index contributed by atoms with van der Waals surface area (Å²) in [5.74, 6) is 0.917. The zero-order valence-corrected chi connectivity index (χ0v) is 13.2. The molecule has 16 heavy (non-hydrogen) atoms. The number of hydrogen-bond acceptors (Lipinski definition) is 1. The van der Waals surface area contributed by atoms with Crippen LogP contribution in [0.25, 0.3) is 0 Å². The second kappa shape index (κ2) is 6.06. The number of rotatable bonds is 5. The Kier molecular flexibility index (Phi) is 5.32. The normalized spacial score (nSPS) is 11.6. The van der Waals surface area contributed by atoms with Crippen LogP contribution in [0.15, 0.2) is 22.7 Å². The zero-order chi connectivity index (χ0) is 12.2. The van der Waals surface area contributed by atoms with E-state index in [9.17, 15) is 0 Å². The quantitative estimate of drug-likeness (QED) is 0.686. The van der Waals surface area contributed by atoms with E-state index in [0.717, 1.165) is 22.0 Å². The van der Waals surface area contributed by atoms with Crippen molar-refractivity contribution in [3.63, 3.8) is 0 Å². The number of halogens is 2. The van der Waals surface area contributed by atoms with Gasteiger partial charge in [-0.2, -0.15) is 0 Å². The molecule has 0 spiro atoms. The molecule has 1 rings (SSSR count). The Hall–Kier alpha value is -0.0200. The maximum atomic E-state index is 5.51. The molecule has 1 nitrogen and oxygen atoms in total. The van der Waals surface area contributed by atoms with Gasteiger partial charge in [-0.15, -0.1) is 0 Å². The van der Waals surface area contributed by atoms with Crippen LogP contribution in [0.4, 0.5) is 0 Å². The highest BCUT2D eigenvalue weighted by Gasteiger charge is 2.20. The smallest absolute Gasteiger partial charge is 0.133 e. The van der Waals surface area contributed by atoms with Crippen molar-refractivity contribution in [2.24, 2.45) is 0 Å². The van der Waals surface area contributed by atoms with Crippen molar-refractivity contribution in [2.45, 2.75) is 32.6 Å². The molecule has 0 aliphatic heterocycles. The third-order valence-corrected chi connectivity index (χ3v) is 3.75. The van der Waals surface area contributed by atoms with Gasteiger partial charge < -0.3 is 4.74 Å². The molecule has 0 aromatic heterocycles. The van der Waals surface area contributed by atoms with Gasteiger partial charge in [0.2, 0.25) is 0 Å². The van der Waals surface area contributed by atoms with Crippen LogP contribution >= 0.6 is 31.9 Å². The predicted molar refractivity (Wildman–Crippen MR) is 76.7 cm³/mol. The van der Waals surface area contributed by atoms with Crippen molar-refractivity contribution in [2.75, 3.05) is 11.9 Å². The van der Waals surface area contributed by atoms with Gasteiger partial charge in [-0.1, -0.05) is 35.8 Å². The van der Waals surface area contributed by atoms with Crippen molar-refractivity contribution in [3.8, 4) is 5.75 Å². The molecule has 0 saturated carbocycles. The Bertz CT molecular complexity index is 348. The maximum Gasteiger partial charge on any atom is 0.133 e. The van der Waals surface area contributed by atoms with Crippen molar-refractivity contribution in [1.82, 2.24) is 0 Å². The fraction of sp³-hybridized carbons (Fsp3) is 0.538. The van der Waals surface area contributed by atoms with E-state index in [1.165, 1.54) is 5.56 Å². The van der Waals surface area contributed by atoms with Gasteiger partial charge in [0.05, 0.1) is 11.1 Å². The second-order valence-electron chi connectivity index (χ2n) is 4.40. The van der Waals surface area contributed by atoms with Crippen LogP contribution < -0.4 is 4.74 Å². The van der Waals surface area contributed by atoms with Crippen LogP contribution in [-0.2, 0) is 5.41 Å². The highest BCUT2D eigenvalue weighted by Crippen LogP contribution is 2.33. The molecule has 0 fully saturated rings. The van der Waals surface area contributed by atoms with E-state index in [0.29, 0.717) is 6.61 Å². The summed E-state index contributed by atoms with van der Waals surface area (Å²) in [6.07, 6.45) is 1.12. The molecule has 0 saturated heterocycles. The maximum absolute atomic E-state index is 5.51. The van der Waals surface area contributed by atoms with E-state index in [-0.39, 0.29) is 5.41 Å². The Morgan fingerprint density at radius 2 is 2.00 bits per heavy atom. The lowest BCUT2D eigenvalue weighted by Crippen LogP contribution is -2.17. The van der Waals surface area contributed by atoms with Crippen LogP contribution in [0, 0.1) is 0 Å². The Balaban J connectivity index is 2.96. The molecule has 1 aromatic rings. The van der Waals surface area contributed by atoms with Crippen LogP contribution in [0.5, 0.6) is 5.75 Å². The average molecular weight is 350 g/mol. The van der Waals surface area contributed by atoms with E-state index < -0.39 is 0 Å². The largest absolute Gasteiger partial charge is 0.493 e. The summed E-state index contributed by atoms with van der Waals surface area (Å²) in [6, 6.07) is 6.35. The van der Waals surface area contributed by atoms with Gasteiger partial charge in [-0.3, -0.25) is 0 Å². The summed E-state index contributed by atoms with van der Waals surface area (Å²) < 4.78 is 6.54. The lowest BCUT2D eigenvalue weighted by Gasteiger charge is -2.25. The molecule has 0 N–H and O–H groups in total. The zero-order valence-electron chi connectivity index (χ0n) is 10.0. The molecular formula is C13H18Br2O. The number of ether oxygens (including phenoxy) is 1. The second-order valence-corrected chi connectivity index (χ2v) is 6.05. The topological polar surface area (TPSA) is 9.23 Å². The molecule has 1 aromatic carbocycles. The Labute approximate surface area is 115 Å². The van der Waals surface area contributed by atoms with Gasteiger partial charge in [0, 0.05) is 5.33 Å². The minimum Gasteiger partial charge on any atom is -0.493 e. The highest BCUT2D eigenvalue weighted by molar-refractivity contribution is 9.10. The number of hydrogen-bond donors (Lipinski definition) is 0. The molecule has 0 radical (unpaired) electrons. The first-order valence-corrected chi connectivity index (χ1v) is 7.41. The van der Waals surface area contributed by atoms with Crippen molar-refractivity contribution in [3.05, 3.63) is 28.2 Å². The number of alkyl halides is 1. The molecule has 0 aliphatic rings. The fourth-order valence-corrected chi connectivity index (χ4v) is 3.06. The molecule has 90 valence electrons. The standard InChI is InChI=1S/C13H18Br2O/c1-4-16-12-6-5-10(9-11(12)15)13(2,3)7-8-14/h5-6,9H,4,7-8H2,1-3H3. The summed E-state index contributed by atoms with van der Waals surface area (Å²) >= 11 is 7.06. The first kappa shape index (κ1) is 14.0. The lowest BCUT2D eigenvalue weighted by atomic mass is 9.82. The minimum absolute atomic E-state index is 0.191. The van der Waals surface area contributed by atoms with E-state index in [2.05, 4.69) is 57.8 Å². The lowest BCUT2D eigenvalue weighted by molar-refractivity contribution is 0.337. The molecule has 0 bridgehead atoms. The predicted octanol–water partition coefficient (Wildman–Crippen LogP) is 4.91. The summed E-state index contributed by atoms with van der Waals surface area (Å²) in [5, 5.41) is 1.02. The van der Waals surface area contributed by atoms with Gasteiger partial charge in [0.1, 0.15) is 5.75 Å². The van der Waals surface area contributed by atoms with Crippen molar-refractivity contribution < 1.29 is 4.74 Å². The summed E-state index contributed by atoms with van der Waals surface area (Å²) in [6.45, 7) is 7.21. The van der Waals surface area contributed by atoms with Gasteiger partial charge >= 0.3 is 0 Å². The monoisotopic (exact) mass is 348 g/mol. The third kappa shape index (κ3) is 3.49. The Morgan fingerprint density at radius 1 is 1.31 bits per heavy atom. The van der Waals surface area contributed by atoms with E-state index in [1.807, 2.05) is 13.0 Å². The van der Waals surface area contributed by atoms with Gasteiger partial charge in [-0.05, 0) is 52.4 Å². The Morgan fingerprint density at radius 3 is 2.50 bits per heavy atom. The molecule has 0 aliphatic carbocycles. The SMILES string of the molecule is CCOc1ccc(C(C)(C)CCBr)cc1Br. The van der Waals surface area contributed by atoms with Crippen LogP contribution in [-0.4, -0.2) is 11.9 Å². The van der Waals surface area contributed by atoms with Crippen LogP contribution in [0.2, 0.25) is 0 Å². The minimum atomic E-state index is 0.191. The number of benzene rings is 1. The molecule has 0 unspecified atom stereocenters. The summed E-state index contributed by atoms with van der Waals surface area (Å²) in [7, 11) is 0. The third-order valence-electron chi connectivity index (χ3n) is 2.73. The highest BCUT2D eigenvalue weighted by atomic mass is 79.9. The van der Waals surface area contributed by atoms with Gasteiger partial charge in [0.15, 0.2) is 0 Å². The van der Waals surface area contributed by atoms with E-state index in [1.54, 1.807) is 0 Å². The first-order valence-electron chi connectivity index (χ1n) is 5.50. The van der Waals surface area contributed by atoms with E-state index in [4.69, 9.17) is 4.74 Å². The molecule has 3 heteroatoms. The average Bonchev–Trinajstić information content (AvgIpc) is 2.21. The molecule has 0 amide bonds. The first-order chi connectivity index (χ1) is 7.51. The summed E-state index contributed by atoms with van der Waals surface area (Å²) in [4.78, 5) is 0. The molecule has 0 atom stereocenters. The van der Waals surface area contributed by atoms with Gasteiger partial charge in [0.25, 0.3) is 0 Å². The summed E-state index contributed by atoms with van der Waals surface area (Å²) in [5.41, 5.74) is 1.53. The van der Waals surface area contributed by atoms with Crippen LogP contribution in [0.3, 0.4) is 0 Å². The fourth-order valence-electron chi connectivity index (χ4n) is 1.57.